The molecule has 1 heterocycles. The van der Waals surface area contributed by atoms with E-state index in [0.717, 1.165) is 29.9 Å². The van der Waals surface area contributed by atoms with Crippen molar-refractivity contribution in [3.05, 3.63) is 23.3 Å². The lowest BCUT2D eigenvalue weighted by Gasteiger charge is -2.38. The summed E-state index contributed by atoms with van der Waals surface area (Å²) in [4.78, 5) is 0. The van der Waals surface area contributed by atoms with Crippen molar-refractivity contribution >= 4 is 0 Å². The molecule has 15 heavy (non-hydrogen) atoms. The normalized spacial score (nSPS) is 21.2. The minimum absolute atomic E-state index is 0.119. The Morgan fingerprint density at radius 2 is 2.07 bits per heavy atom. The van der Waals surface area contributed by atoms with Crippen LogP contribution in [-0.2, 0) is 5.54 Å². The van der Waals surface area contributed by atoms with Crippen molar-refractivity contribution < 1.29 is 9.47 Å². The summed E-state index contributed by atoms with van der Waals surface area (Å²) < 4.78 is 10.8. The highest BCUT2D eigenvalue weighted by Gasteiger charge is 2.35. The molecular formula is C12H15NO2. The SMILES string of the molecule is Cc1cc(C2(N)CCC2)cc2c1OCO2. The van der Waals surface area contributed by atoms with E-state index in [4.69, 9.17) is 15.2 Å². The van der Waals surface area contributed by atoms with Crippen LogP contribution in [0.5, 0.6) is 11.5 Å². The van der Waals surface area contributed by atoms with Crippen LogP contribution in [0.1, 0.15) is 30.4 Å². The van der Waals surface area contributed by atoms with Crippen LogP contribution in [0.2, 0.25) is 0 Å². The first-order valence-electron chi connectivity index (χ1n) is 5.39. The van der Waals surface area contributed by atoms with Gasteiger partial charge in [0, 0.05) is 5.54 Å². The first-order valence-corrected chi connectivity index (χ1v) is 5.39. The molecule has 2 N–H and O–H groups in total. The third-order valence-corrected chi connectivity index (χ3v) is 3.48. The second-order valence-corrected chi connectivity index (χ2v) is 4.54. The Labute approximate surface area is 89.2 Å². The van der Waals surface area contributed by atoms with E-state index in [0.29, 0.717) is 6.79 Å². The highest BCUT2D eigenvalue weighted by Crippen LogP contribution is 2.44. The monoisotopic (exact) mass is 205 g/mol. The van der Waals surface area contributed by atoms with E-state index in [-0.39, 0.29) is 5.54 Å². The molecule has 0 amide bonds. The van der Waals surface area contributed by atoms with Gasteiger partial charge in [-0.15, -0.1) is 0 Å². The third-order valence-electron chi connectivity index (χ3n) is 3.48. The molecule has 3 nitrogen and oxygen atoms in total. The second kappa shape index (κ2) is 2.89. The topological polar surface area (TPSA) is 44.5 Å². The largest absolute Gasteiger partial charge is 0.454 e. The highest BCUT2D eigenvalue weighted by molar-refractivity contribution is 5.52. The van der Waals surface area contributed by atoms with E-state index in [1.807, 2.05) is 13.0 Å². The molecule has 0 spiro atoms. The fourth-order valence-electron chi connectivity index (χ4n) is 2.32. The highest BCUT2D eigenvalue weighted by atomic mass is 16.7. The number of hydrogen-bond donors (Lipinski definition) is 1. The summed E-state index contributed by atoms with van der Waals surface area (Å²) in [5.74, 6) is 1.73. The van der Waals surface area contributed by atoms with Gasteiger partial charge < -0.3 is 15.2 Å². The van der Waals surface area contributed by atoms with Crippen LogP contribution in [0.3, 0.4) is 0 Å². The predicted molar refractivity (Wildman–Crippen MR) is 57.0 cm³/mol. The van der Waals surface area contributed by atoms with Crippen LogP contribution in [0.4, 0.5) is 0 Å². The van der Waals surface area contributed by atoms with Crippen molar-refractivity contribution in [3.8, 4) is 11.5 Å². The van der Waals surface area contributed by atoms with Crippen molar-refractivity contribution in [2.24, 2.45) is 5.73 Å². The average molecular weight is 205 g/mol. The number of ether oxygens (including phenoxy) is 2. The minimum atomic E-state index is -0.119. The molecule has 80 valence electrons. The summed E-state index contributed by atoms with van der Waals surface area (Å²) in [7, 11) is 0. The number of hydrogen-bond acceptors (Lipinski definition) is 3. The Kier molecular flexibility index (Phi) is 1.74. The quantitative estimate of drug-likeness (QED) is 0.763. The lowest BCUT2D eigenvalue weighted by atomic mass is 9.72. The van der Waals surface area contributed by atoms with Crippen LogP contribution < -0.4 is 15.2 Å². The van der Waals surface area contributed by atoms with Crippen molar-refractivity contribution in [2.75, 3.05) is 6.79 Å². The van der Waals surface area contributed by atoms with Gasteiger partial charge >= 0.3 is 0 Å². The zero-order chi connectivity index (χ0) is 10.5. The maximum atomic E-state index is 6.29. The third kappa shape index (κ3) is 1.23. The van der Waals surface area contributed by atoms with Gasteiger partial charge in [0.25, 0.3) is 0 Å². The molecule has 0 saturated heterocycles. The fourth-order valence-corrected chi connectivity index (χ4v) is 2.32. The van der Waals surface area contributed by atoms with Crippen molar-refractivity contribution in [1.29, 1.82) is 0 Å². The van der Waals surface area contributed by atoms with Gasteiger partial charge in [0.05, 0.1) is 0 Å². The summed E-state index contributed by atoms with van der Waals surface area (Å²) in [6, 6.07) is 4.17. The Morgan fingerprint density at radius 1 is 1.27 bits per heavy atom. The maximum Gasteiger partial charge on any atom is 0.231 e. The van der Waals surface area contributed by atoms with E-state index < -0.39 is 0 Å². The Bertz CT molecular complexity index is 410. The van der Waals surface area contributed by atoms with Gasteiger partial charge in [0.1, 0.15) is 0 Å². The standard InChI is InChI=1S/C12H15NO2/c1-8-5-9(12(13)3-2-4-12)6-10-11(8)15-7-14-10/h5-6H,2-4,7,13H2,1H3. The zero-order valence-electron chi connectivity index (χ0n) is 8.88. The molecule has 0 atom stereocenters. The van der Waals surface area contributed by atoms with Crippen molar-refractivity contribution in [2.45, 2.75) is 31.7 Å². The van der Waals surface area contributed by atoms with Crippen molar-refractivity contribution in [3.63, 3.8) is 0 Å². The summed E-state index contributed by atoms with van der Waals surface area (Å²) in [6.45, 7) is 2.37. The molecule has 1 aliphatic carbocycles. The van der Waals surface area contributed by atoms with Crippen LogP contribution >= 0.6 is 0 Å². The second-order valence-electron chi connectivity index (χ2n) is 4.54. The molecule has 1 saturated carbocycles. The van der Waals surface area contributed by atoms with Crippen LogP contribution in [-0.4, -0.2) is 6.79 Å². The van der Waals surface area contributed by atoms with E-state index in [1.54, 1.807) is 0 Å². The Morgan fingerprint density at radius 3 is 2.73 bits per heavy atom. The molecule has 0 aromatic heterocycles. The molecule has 3 rings (SSSR count). The van der Waals surface area contributed by atoms with E-state index >= 15 is 0 Å². The molecule has 0 unspecified atom stereocenters. The molecule has 0 bridgehead atoms. The lowest BCUT2D eigenvalue weighted by molar-refractivity contribution is 0.173. The number of benzene rings is 1. The zero-order valence-corrected chi connectivity index (χ0v) is 8.88. The van der Waals surface area contributed by atoms with E-state index in [1.165, 1.54) is 12.0 Å². The van der Waals surface area contributed by atoms with Gasteiger partial charge in [0.2, 0.25) is 6.79 Å². The van der Waals surface area contributed by atoms with Crippen LogP contribution in [0.15, 0.2) is 12.1 Å². The van der Waals surface area contributed by atoms with Crippen molar-refractivity contribution in [1.82, 2.24) is 0 Å². The summed E-state index contributed by atoms with van der Waals surface area (Å²) >= 11 is 0. The van der Waals surface area contributed by atoms with E-state index in [2.05, 4.69) is 6.07 Å². The molecule has 1 aromatic carbocycles. The lowest BCUT2D eigenvalue weighted by Crippen LogP contribution is -2.43. The summed E-state index contributed by atoms with van der Waals surface area (Å²) in [6.07, 6.45) is 3.38. The predicted octanol–water partition coefficient (Wildman–Crippen LogP) is 2.06. The van der Waals surface area contributed by atoms with Gasteiger partial charge in [-0.1, -0.05) is 6.07 Å². The first-order chi connectivity index (χ1) is 7.19. The van der Waals surface area contributed by atoms with Gasteiger partial charge in [-0.25, -0.2) is 0 Å². The molecular weight excluding hydrogens is 190 g/mol. The van der Waals surface area contributed by atoms with Gasteiger partial charge in [-0.2, -0.15) is 0 Å². The number of aryl methyl sites for hydroxylation is 1. The Hall–Kier alpha value is -1.22. The summed E-state index contributed by atoms with van der Waals surface area (Å²) in [5, 5.41) is 0. The molecule has 1 fully saturated rings. The molecule has 0 radical (unpaired) electrons. The van der Waals surface area contributed by atoms with E-state index in [9.17, 15) is 0 Å². The van der Waals surface area contributed by atoms with Crippen LogP contribution in [0, 0.1) is 6.92 Å². The maximum absolute atomic E-state index is 6.29. The molecule has 2 aliphatic rings. The first kappa shape index (κ1) is 9.04. The van der Waals surface area contributed by atoms with Gasteiger partial charge in [-0.3, -0.25) is 0 Å². The summed E-state index contributed by atoms with van der Waals surface area (Å²) in [5.41, 5.74) is 8.48. The minimum Gasteiger partial charge on any atom is -0.454 e. The number of fused-ring (bicyclic) bond motifs is 1. The van der Waals surface area contributed by atoms with Crippen LogP contribution in [0.25, 0.3) is 0 Å². The molecule has 1 aromatic rings. The molecule has 3 heteroatoms. The smallest absolute Gasteiger partial charge is 0.231 e. The Balaban J connectivity index is 2.07. The average Bonchev–Trinajstić information content (AvgIpc) is 2.62. The van der Waals surface area contributed by atoms with Gasteiger partial charge in [0.15, 0.2) is 11.5 Å². The number of nitrogens with two attached hydrogens (primary N) is 1. The fraction of sp³-hybridized carbons (Fsp3) is 0.500. The van der Waals surface area contributed by atoms with Gasteiger partial charge in [-0.05, 0) is 43.4 Å². The number of rotatable bonds is 1. The molecule has 1 aliphatic heterocycles.